The minimum atomic E-state index is -0.0498. The normalized spacial score (nSPS) is 11.4. The lowest BCUT2D eigenvalue weighted by molar-refractivity contribution is -0.115. The Kier molecular flexibility index (Phi) is 3.93. The van der Waals surface area contributed by atoms with Gasteiger partial charge in [0.25, 0.3) is 0 Å². The van der Waals surface area contributed by atoms with Crippen LogP contribution in [0.15, 0.2) is 30.3 Å². The van der Waals surface area contributed by atoms with Crippen LogP contribution in [-0.4, -0.2) is 16.1 Å². The summed E-state index contributed by atoms with van der Waals surface area (Å²) in [7, 11) is 0. The molecule has 0 fully saturated rings. The monoisotopic (exact) mass is 271 g/mol. The van der Waals surface area contributed by atoms with Gasteiger partial charge in [0.15, 0.2) is 5.82 Å². The van der Waals surface area contributed by atoms with Crippen LogP contribution >= 0.6 is 0 Å². The van der Waals surface area contributed by atoms with Gasteiger partial charge in [0.2, 0.25) is 5.91 Å². The highest BCUT2D eigenvalue weighted by molar-refractivity contribution is 5.91. The van der Waals surface area contributed by atoms with E-state index in [1.165, 1.54) is 0 Å². The largest absolute Gasteiger partial charge is 0.309 e. The number of rotatable bonds is 3. The second-order valence-electron chi connectivity index (χ2n) is 6.07. The van der Waals surface area contributed by atoms with Crippen molar-refractivity contribution in [1.29, 1.82) is 0 Å². The lowest BCUT2D eigenvalue weighted by Gasteiger charge is -2.14. The van der Waals surface area contributed by atoms with Crippen LogP contribution in [0.3, 0.4) is 0 Å². The van der Waals surface area contributed by atoms with Gasteiger partial charge in [0.05, 0.1) is 6.42 Å². The number of aromatic amines is 1. The number of amides is 1. The Bertz CT molecular complexity index is 608. The molecule has 2 rings (SSSR count). The number of aryl methyl sites for hydroxylation is 1. The van der Waals surface area contributed by atoms with E-state index in [9.17, 15) is 4.79 Å². The summed E-state index contributed by atoms with van der Waals surface area (Å²) in [5, 5.41) is 9.92. The third-order valence-electron chi connectivity index (χ3n) is 3.27. The quantitative estimate of drug-likeness (QED) is 0.900. The number of carbonyl (C=O) groups excluding carboxylic acids is 1. The van der Waals surface area contributed by atoms with Crippen LogP contribution in [0.1, 0.15) is 37.6 Å². The molecule has 0 aliphatic carbocycles. The minimum Gasteiger partial charge on any atom is -0.309 e. The predicted octanol–water partition coefficient (Wildman–Crippen LogP) is 3.20. The minimum absolute atomic E-state index is 0.00794. The van der Waals surface area contributed by atoms with Gasteiger partial charge in [0, 0.05) is 17.2 Å². The fourth-order valence-electron chi connectivity index (χ4n) is 1.94. The smallest absolute Gasteiger partial charge is 0.230 e. The van der Waals surface area contributed by atoms with Gasteiger partial charge in [-0.05, 0) is 18.1 Å². The van der Waals surface area contributed by atoms with Crippen LogP contribution in [0.5, 0.6) is 0 Å². The van der Waals surface area contributed by atoms with E-state index >= 15 is 0 Å². The van der Waals surface area contributed by atoms with Crippen molar-refractivity contribution in [2.75, 3.05) is 5.32 Å². The third-order valence-corrected chi connectivity index (χ3v) is 3.27. The average Bonchev–Trinajstić information content (AvgIpc) is 2.80. The van der Waals surface area contributed by atoms with Crippen molar-refractivity contribution in [3.8, 4) is 0 Å². The van der Waals surface area contributed by atoms with Crippen molar-refractivity contribution in [1.82, 2.24) is 10.2 Å². The van der Waals surface area contributed by atoms with E-state index in [1.807, 2.05) is 37.3 Å². The lowest BCUT2D eigenvalue weighted by atomic mass is 9.92. The molecule has 4 heteroatoms. The maximum atomic E-state index is 12.0. The molecule has 0 radical (unpaired) electrons. The van der Waals surface area contributed by atoms with Crippen molar-refractivity contribution >= 4 is 11.7 Å². The fourth-order valence-corrected chi connectivity index (χ4v) is 1.94. The van der Waals surface area contributed by atoms with E-state index < -0.39 is 0 Å². The Hall–Kier alpha value is -2.10. The molecule has 0 unspecified atom stereocenters. The van der Waals surface area contributed by atoms with Crippen LogP contribution in [0, 0.1) is 6.92 Å². The van der Waals surface area contributed by atoms with Crippen LogP contribution < -0.4 is 5.32 Å². The molecule has 2 aromatic rings. The molecule has 4 nitrogen and oxygen atoms in total. The topological polar surface area (TPSA) is 57.8 Å². The number of benzene rings is 1. The summed E-state index contributed by atoms with van der Waals surface area (Å²) < 4.78 is 0. The molecule has 2 N–H and O–H groups in total. The van der Waals surface area contributed by atoms with Gasteiger partial charge in [-0.1, -0.05) is 45.0 Å². The summed E-state index contributed by atoms with van der Waals surface area (Å²) in [4.78, 5) is 12.0. The van der Waals surface area contributed by atoms with E-state index in [-0.39, 0.29) is 11.3 Å². The first kappa shape index (κ1) is 14.3. The molecule has 0 atom stereocenters. The number of hydrogen-bond acceptors (Lipinski definition) is 2. The Morgan fingerprint density at radius 1 is 1.30 bits per heavy atom. The molecule has 0 bridgehead atoms. The van der Waals surface area contributed by atoms with Gasteiger partial charge >= 0.3 is 0 Å². The summed E-state index contributed by atoms with van der Waals surface area (Å²) >= 11 is 0. The van der Waals surface area contributed by atoms with Gasteiger partial charge in [-0.3, -0.25) is 9.89 Å². The molecule has 1 heterocycles. The van der Waals surface area contributed by atoms with Crippen LogP contribution in [-0.2, 0) is 16.6 Å². The van der Waals surface area contributed by atoms with Crippen molar-refractivity contribution in [3.63, 3.8) is 0 Å². The summed E-state index contributed by atoms with van der Waals surface area (Å²) in [5.74, 6) is 0.528. The zero-order chi connectivity index (χ0) is 14.8. The van der Waals surface area contributed by atoms with E-state index in [0.717, 1.165) is 16.8 Å². The number of nitrogens with one attached hydrogen (secondary N) is 2. The number of H-pyrrole nitrogens is 1. The molecule has 20 heavy (non-hydrogen) atoms. The molecular weight excluding hydrogens is 250 g/mol. The second kappa shape index (κ2) is 5.49. The number of aromatic nitrogens is 2. The van der Waals surface area contributed by atoms with Crippen molar-refractivity contribution in [2.45, 2.75) is 39.5 Å². The standard InChI is InChI=1S/C16H21N3O/c1-11-7-5-6-8-12(11)9-15(20)17-14-10-13(18-19-14)16(2,3)4/h5-8,10H,9H2,1-4H3,(H2,17,18,19,20). The number of carbonyl (C=O) groups is 1. The van der Waals surface area contributed by atoms with Crippen molar-refractivity contribution in [2.24, 2.45) is 0 Å². The highest BCUT2D eigenvalue weighted by Gasteiger charge is 2.17. The first-order chi connectivity index (χ1) is 9.36. The zero-order valence-corrected chi connectivity index (χ0v) is 12.4. The van der Waals surface area contributed by atoms with Gasteiger partial charge in [-0.25, -0.2) is 0 Å². The molecule has 1 amide bonds. The van der Waals surface area contributed by atoms with Crippen LogP contribution in [0.2, 0.25) is 0 Å². The van der Waals surface area contributed by atoms with E-state index in [0.29, 0.717) is 12.2 Å². The molecule has 0 saturated heterocycles. The Balaban J connectivity index is 2.02. The van der Waals surface area contributed by atoms with Gasteiger partial charge in [0.1, 0.15) is 0 Å². The fraction of sp³-hybridized carbons (Fsp3) is 0.375. The summed E-state index contributed by atoms with van der Waals surface area (Å²) in [6.07, 6.45) is 0.365. The highest BCUT2D eigenvalue weighted by Crippen LogP contribution is 2.22. The van der Waals surface area contributed by atoms with Gasteiger partial charge < -0.3 is 5.32 Å². The Morgan fingerprint density at radius 3 is 2.60 bits per heavy atom. The maximum absolute atomic E-state index is 12.0. The van der Waals surface area contributed by atoms with Crippen LogP contribution in [0.25, 0.3) is 0 Å². The van der Waals surface area contributed by atoms with Crippen LogP contribution in [0.4, 0.5) is 5.82 Å². The van der Waals surface area contributed by atoms with Crippen molar-refractivity contribution in [3.05, 3.63) is 47.2 Å². The lowest BCUT2D eigenvalue weighted by Crippen LogP contribution is -2.15. The summed E-state index contributed by atoms with van der Waals surface area (Å²) in [5.41, 5.74) is 3.16. The molecule has 0 saturated carbocycles. The van der Waals surface area contributed by atoms with E-state index in [4.69, 9.17) is 0 Å². The molecule has 0 aliphatic rings. The maximum Gasteiger partial charge on any atom is 0.230 e. The Labute approximate surface area is 119 Å². The molecule has 0 aliphatic heterocycles. The highest BCUT2D eigenvalue weighted by atomic mass is 16.1. The summed E-state index contributed by atoms with van der Waals surface area (Å²) in [6, 6.07) is 9.78. The van der Waals surface area contributed by atoms with Gasteiger partial charge in [-0.2, -0.15) is 5.10 Å². The number of hydrogen-bond donors (Lipinski definition) is 2. The Morgan fingerprint density at radius 2 is 2.00 bits per heavy atom. The van der Waals surface area contributed by atoms with Gasteiger partial charge in [-0.15, -0.1) is 0 Å². The van der Waals surface area contributed by atoms with Crippen molar-refractivity contribution < 1.29 is 4.79 Å². The number of anilines is 1. The predicted molar refractivity (Wildman–Crippen MR) is 80.8 cm³/mol. The number of nitrogens with zero attached hydrogens (tertiary/aromatic N) is 1. The average molecular weight is 271 g/mol. The molecule has 1 aromatic heterocycles. The molecule has 106 valence electrons. The third kappa shape index (κ3) is 3.47. The first-order valence-electron chi connectivity index (χ1n) is 6.76. The molecule has 1 aromatic carbocycles. The van der Waals surface area contributed by atoms with E-state index in [2.05, 4.69) is 36.3 Å². The van der Waals surface area contributed by atoms with E-state index in [1.54, 1.807) is 0 Å². The molecular formula is C16H21N3O. The molecule has 0 spiro atoms. The summed E-state index contributed by atoms with van der Waals surface area (Å²) in [6.45, 7) is 8.30. The zero-order valence-electron chi connectivity index (χ0n) is 12.4. The SMILES string of the molecule is Cc1ccccc1CC(=O)Nc1cc(C(C)(C)C)[nH]n1. The second-order valence-corrected chi connectivity index (χ2v) is 6.07. The first-order valence-corrected chi connectivity index (χ1v) is 6.76.